The van der Waals surface area contributed by atoms with Crippen molar-refractivity contribution in [2.45, 2.75) is 0 Å². The maximum Gasteiger partial charge on any atom is 0.343 e. The number of hydrogen-bond acceptors (Lipinski definition) is 4. The summed E-state index contributed by atoms with van der Waals surface area (Å²) in [5.41, 5.74) is -0.128. The van der Waals surface area contributed by atoms with E-state index in [9.17, 15) is 15.0 Å². The minimum atomic E-state index is -1.36. The van der Waals surface area contributed by atoms with Crippen LogP contribution in [0.3, 0.4) is 0 Å². The number of phenols is 2. The highest BCUT2D eigenvalue weighted by atomic mass is 16.4. The zero-order valence-corrected chi connectivity index (χ0v) is 7.85. The molecule has 0 fully saturated rings. The van der Waals surface area contributed by atoms with Crippen LogP contribution in [0.1, 0.15) is 10.4 Å². The van der Waals surface area contributed by atoms with Crippen molar-refractivity contribution < 1.29 is 20.1 Å². The number of aromatic hydroxyl groups is 2. The minimum Gasteiger partial charge on any atom is -0.507 e. The van der Waals surface area contributed by atoms with Crippen LogP contribution in [0.15, 0.2) is 12.1 Å². The van der Waals surface area contributed by atoms with E-state index in [-0.39, 0.29) is 0 Å². The van der Waals surface area contributed by atoms with Crippen LogP contribution in [-0.2, 0) is 0 Å². The fourth-order valence-corrected chi connectivity index (χ4v) is 1.14. The van der Waals surface area contributed by atoms with E-state index in [2.05, 4.69) is 0 Å². The quantitative estimate of drug-likeness (QED) is 0.655. The van der Waals surface area contributed by atoms with Crippen molar-refractivity contribution in [2.24, 2.45) is 0 Å². The van der Waals surface area contributed by atoms with Gasteiger partial charge in [-0.05, 0) is 12.1 Å². The Bertz CT molecular complexity index is 373. The molecule has 0 saturated carbocycles. The molecule has 0 spiro atoms. The lowest BCUT2D eigenvalue weighted by atomic mass is 10.1. The normalized spacial score (nSPS) is 9.86. The van der Waals surface area contributed by atoms with Gasteiger partial charge in [0.2, 0.25) is 0 Å². The number of carboxylic acids is 1. The van der Waals surface area contributed by atoms with Gasteiger partial charge in [0, 0.05) is 14.1 Å². The third-order valence-corrected chi connectivity index (χ3v) is 1.83. The van der Waals surface area contributed by atoms with E-state index in [4.69, 9.17) is 5.11 Å². The third-order valence-electron chi connectivity index (χ3n) is 1.83. The van der Waals surface area contributed by atoms with Crippen LogP contribution in [0.5, 0.6) is 11.5 Å². The summed E-state index contributed by atoms with van der Waals surface area (Å²) in [6.45, 7) is 0. The molecule has 0 radical (unpaired) electrons. The molecule has 5 heteroatoms. The summed E-state index contributed by atoms with van der Waals surface area (Å²) in [5.74, 6) is -2.23. The van der Waals surface area contributed by atoms with Gasteiger partial charge in [-0.3, -0.25) is 0 Å². The number of benzene rings is 1. The number of nitrogens with zero attached hydrogens (tertiary/aromatic N) is 1. The number of carboxylic acid groups (broad SMARTS) is 1. The third kappa shape index (κ3) is 1.56. The van der Waals surface area contributed by atoms with E-state index in [1.165, 1.54) is 12.1 Å². The number of rotatable bonds is 2. The molecule has 0 bridgehead atoms. The molecule has 0 aliphatic heterocycles. The van der Waals surface area contributed by atoms with Gasteiger partial charge >= 0.3 is 5.97 Å². The molecule has 0 aliphatic carbocycles. The van der Waals surface area contributed by atoms with Crippen molar-refractivity contribution in [3.05, 3.63) is 17.7 Å². The lowest BCUT2D eigenvalue weighted by molar-refractivity contribution is 0.0690. The molecule has 0 heterocycles. The van der Waals surface area contributed by atoms with Crippen LogP contribution in [0.2, 0.25) is 0 Å². The highest BCUT2D eigenvalue weighted by molar-refractivity contribution is 5.96. The molecule has 0 aromatic heterocycles. The fourth-order valence-electron chi connectivity index (χ4n) is 1.14. The summed E-state index contributed by atoms with van der Waals surface area (Å²) in [4.78, 5) is 12.2. The van der Waals surface area contributed by atoms with Crippen molar-refractivity contribution in [3.8, 4) is 11.5 Å². The predicted octanol–water partition coefficient (Wildman–Crippen LogP) is 0.862. The Morgan fingerprint density at radius 1 is 1.29 bits per heavy atom. The monoisotopic (exact) mass is 197 g/mol. The van der Waals surface area contributed by atoms with Crippen molar-refractivity contribution in [2.75, 3.05) is 19.0 Å². The highest BCUT2D eigenvalue weighted by Crippen LogP contribution is 2.35. The first-order chi connectivity index (χ1) is 6.45. The molecule has 0 amide bonds. The number of carbonyl (C=O) groups is 1. The molecular weight excluding hydrogens is 186 g/mol. The molecule has 1 aromatic carbocycles. The second-order valence-electron chi connectivity index (χ2n) is 3.03. The maximum absolute atomic E-state index is 10.7. The molecular formula is C9H11NO4. The first-order valence-electron chi connectivity index (χ1n) is 3.90. The highest BCUT2D eigenvalue weighted by Gasteiger charge is 2.19. The van der Waals surface area contributed by atoms with E-state index < -0.39 is 23.0 Å². The summed E-state index contributed by atoms with van der Waals surface area (Å²) in [6, 6.07) is 2.68. The van der Waals surface area contributed by atoms with Crippen LogP contribution in [0.25, 0.3) is 0 Å². The smallest absolute Gasteiger partial charge is 0.343 e. The summed E-state index contributed by atoms with van der Waals surface area (Å²) < 4.78 is 0. The second kappa shape index (κ2) is 3.45. The van der Waals surface area contributed by atoms with Crippen LogP contribution >= 0.6 is 0 Å². The molecule has 1 aromatic rings. The van der Waals surface area contributed by atoms with Crippen LogP contribution in [-0.4, -0.2) is 35.4 Å². The lowest BCUT2D eigenvalue weighted by Gasteiger charge is -2.15. The van der Waals surface area contributed by atoms with Gasteiger partial charge in [-0.15, -0.1) is 0 Å². The molecule has 76 valence electrons. The molecule has 0 atom stereocenters. The Kier molecular flexibility index (Phi) is 2.51. The van der Waals surface area contributed by atoms with Crippen molar-refractivity contribution in [1.82, 2.24) is 0 Å². The predicted molar refractivity (Wildman–Crippen MR) is 51.1 cm³/mol. The van der Waals surface area contributed by atoms with Gasteiger partial charge in [0.1, 0.15) is 11.3 Å². The Hall–Kier alpha value is -1.91. The molecule has 0 aliphatic rings. The SMILES string of the molecule is CN(C)c1ccc(O)c(C(=O)O)c1O. The maximum atomic E-state index is 10.7. The van der Waals surface area contributed by atoms with E-state index in [0.29, 0.717) is 5.69 Å². The summed E-state index contributed by atoms with van der Waals surface area (Å²) in [6.07, 6.45) is 0. The van der Waals surface area contributed by atoms with Crippen molar-refractivity contribution in [3.63, 3.8) is 0 Å². The van der Waals surface area contributed by atoms with Crippen molar-refractivity contribution >= 4 is 11.7 Å². The first kappa shape index (κ1) is 10.2. The molecule has 0 unspecified atom stereocenters. The van der Waals surface area contributed by atoms with Crippen molar-refractivity contribution in [1.29, 1.82) is 0 Å². The lowest BCUT2D eigenvalue weighted by Crippen LogP contribution is -2.10. The van der Waals surface area contributed by atoms with Gasteiger partial charge in [-0.25, -0.2) is 4.79 Å². The Balaban J connectivity index is 3.41. The molecule has 0 saturated heterocycles. The molecule has 5 nitrogen and oxygen atoms in total. The summed E-state index contributed by atoms with van der Waals surface area (Å²) >= 11 is 0. The number of aromatic carboxylic acids is 1. The van der Waals surface area contributed by atoms with Gasteiger partial charge < -0.3 is 20.2 Å². The zero-order valence-electron chi connectivity index (χ0n) is 7.85. The van der Waals surface area contributed by atoms with Crippen LogP contribution in [0.4, 0.5) is 5.69 Å². The molecule has 14 heavy (non-hydrogen) atoms. The van der Waals surface area contributed by atoms with E-state index >= 15 is 0 Å². The molecule has 3 N–H and O–H groups in total. The minimum absolute atomic E-state index is 0.347. The fraction of sp³-hybridized carbons (Fsp3) is 0.222. The molecule has 1 rings (SSSR count). The van der Waals surface area contributed by atoms with E-state index in [1.54, 1.807) is 19.0 Å². The average molecular weight is 197 g/mol. The van der Waals surface area contributed by atoms with Gasteiger partial charge in [0.05, 0.1) is 5.69 Å². The number of anilines is 1. The zero-order chi connectivity index (χ0) is 10.9. The Labute approximate surface area is 80.8 Å². The summed E-state index contributed by atoms with van der Waals surface area (Å²) in [7, 11) is 3.33. The summed E-state index contributed by atoms with van der Waals surface area (Å²) in [5, 5.41) is 27.5. The number of hydrogen-bond donors (Lipinski definition) is 3. The van der Waals surface area contributed by atoms with E-state index in [1.807, 2.05) is 0 Å². The standard InChI is InChI=1S/C9H11NO4/c1-10(2)5-3-4-6(11)7(8(5)12)9(13)14/h3-4,11-12H,1-2H3,(H,13,14). The van der Waals surface area contributed by atoms with Gasteiger partial charge in [0.15, 0.2) is 5.75 Å². The van der Waals surface area contributed by atoms with Crippen LogP contribution in [0, 0.1) is 0 Å². The van der Waals surface area contributed by atoms with E-state index in [0.717, 1.165) is 0 Å². The second-order valence-corrected chi connectivity index (χ2v) is 3.03. The van der Waals surface area contributed by atoms with Gasteiger partial charge in [-0.1, -0.05) is 0 Å². The first-order valence-corrected chi connectivity index (χ1v) is 3.90. The largest absolute Gasteiger partial charge is 0.507 e. The topological polar surface area (TPSA) is 81.0 Å². The van der Waals surface area contributed by atoms with Gasteiger partial charge in [-0.2, -0.15) is 0 Å². The van der Waals surface area contributed by atoms with Crippen LogP contribution < -0.4 is 4.90 Å². The average Bonchev–Trinajstić information content (AvgIpc) is 2.02. The Morgan fingerprint density at radius 3 is 2.29 bits per heavy atom. The Morgan fingerprint density at radius 2 is 1.86 bits per heavy atom. The van der Waals surface area contributed by atoms with Gasteiger partial charge in [0.25, 0.3) is 0 Å².